The molecule has 1 aliphatic rings. The topological polar surface area (TPSA) is 80.3 Å². The van der Waals surface area contributed by atoms with Gasteiger partial charge >= 0.3 is 5.97 Å². The van der Waals surface area contributed by atoms with E-state index in [2.05, 4.69) is 74.7 Å². The number of imidazole rings is 1. The van der Waals surface area contributed by atoms with Crippen molar-refractivity contribution in [3.05, 3.63) is 53.6 Å². The Kier molecular flexibility index (Phi) is 13.6. The van der Waals surface area contributed by atoms with Crippen LogP contribution in [0.15, 0.2) is 41.7 Å². The van der Waals surface area contributed by atoms with Crippen LogP contribution in [0.1, 0.15) is 63.4 Å². The molecule has 1 aromatic heterocycles. The van der Waals surface area contributed by atoms with E-state index < -0.39 is 0 Å². The summed E-state index contributed by atoms with van der Waals surface area (Å²) < 4.78 is 5.46. The van der Waals surface area contributed by atoms with Crippen LogP contribution >= 0.6 is 0 Å². The van der Waals surface area contributed by atoms with E-state index in [4.69, 9.17) is 9.73 Å². The van der Waals surface area contributed by atoms with Gasteiger partial charge in [0.15, 0.2) is 0 Å². The normalized spacial score (nSPS) is 14.4. The van der Waals surface area contributed by atoms with E-state index in [1.54, 1.807) is 6.20 Å². The van der Waals surface area contributed by atoms with Gasteiger partial charge in [0.25, 0.3) is 0 Å². The molecular formula is C31H51N7O2. The number of esters is 1. The van der Waals surface area contributed by atoms with E-state index in [-0.39, 0.29) is 12.0 Å². The van der Waals surface area contributed by atoms with Crippen LogP contribution in [0, 0.1) is 0 Å². The largest absolute Gasteiger partial charge is 0.465 e. The molecule has 1 aliphatic heterocycles. The van der Waals surface area contributed by atoms with Crippen molar-refractivity contribution < 1.29 is 9.53 Å². The minimum absolute atomic E-state index is 0.118. The molecule has 0 saturated carbocycles. The number of aliphatic imine (C=N–C) groups is 1. The molecule has 0 radical (unpaired) electrons. The van der Waals surface area contributed by atoms with Crippen LogP contribution in [0.3, 0.4) is 0 Å². The number of aromatic amines is 1. The Morgan fingerprint density at radius 3 is 2.27 bits per heavy atom. The van der Waals surface area contributed by atoms with E-state index in [0.29, 0.717) is 13.2 Å². The molecule has 9 nitrogen and oxygen atoms in total. The highest BCUT2D eigenvalue weighted by molar-refractivity contribution is 5.85. The number of carbonyl (C=O) groups is 1. The SMILES string of the molecule is CCCN(CCC)CCC[C@H](C(=O)OCC)N(C)Cc1ccc(CN(CC2=NCCN2C)Cc2ncc[nH]2)cc1. The number of nitrogens with one attached hydrogen (secondary N) is 1. The average Bonchev–Trinajstić information content (AvgIpc) is 3.59. The van der Waals surface area contributed by atoms with Crippen LogP contribution in [0.4, 0.5) is 0 Å². The van der Waals surface area contributed by atoms with E-state index >= 15 is 0 Å². The third kappa shape index (κ3) is 10.3. The second-order valence-electron chi connectivity index (χ2n) is 10.9. The molecule has 0 spiro atoms. The first-order valence-corrected chi connectivity index (χ1v) is 15.1. The maximum absolute atomic E-state index is 12.9. The number of ether oxygens (including phenoxy) is 1. The summed E-state index contributed by atoms with van der Waals surface area (Å²) >= 11 is 0. The number of H-pyrrole nitrogens is 1. The summed E-state index contributed by atoms with van der Waals surface area (Å²) in [5.74, 6) is 1.96. The summed E-state index contributed by atoms with van der Waals surface area (Å²) in [4.78, 5) is 34.5. The van der Waals surface area contributed by atoms with Crippen LogP contribution in [0.2, 0.25) is 0 Å². The first-order valence-electron chi connectivity index (χ1n) is 15.1. The number of benzene rings is 1. The van der Waals surface area contributed by atoms with Gasteiger partial charge in [0.1, 0.15) is 17.7 Å². The highest BCUT2D eigenvalue weighted by Crippen LogP contribution is 2.16. The van der Waals surface area contributed by atoms with Crippen molar-refractivity contribution in [2.24, 2.45) is 4.99 Å². The third-order valence-corrected chi connectivity index (χ3v) is 7.45. The molecule has 0 fully saturated rings. The van der Waals surface area contributed by atoms with Crippen molar-refractivity contribution in [3.8, 4) is 0 Å². The van der Waals surface area contributed by atoms with Gasteiger partial charge in [-0.1, -0.05) is 38.1 Å². The lowest BCUT2D eigenvalue weighted by atomic mass is 10.1. The zero-order valence-corrected chi connectivity index (χ0v) is 25.4. The maximum atomic E-state index is 12.9. The molecule has 3 rings (SSSR count). The molecule has 0 unspecified atom stereocenters. The smallest absolute Gasteiger partial charge is 0.323 e. The molecule has 222 valence electrons. The van der Waals surface area contributed by atoms with Crippen LogP contribution in [-0.2, 0) is 29.2 Å². The molecule has 2 aromatic rings. The molecule has 0 bridgehead atoms. The molecule has 0 aliphatic carbocycles. The lowest BCUT2D eigenvalue weighted by Crippen LogP contribution is -2.40. The lowest BCUT2D eigenvalue weighted by molar-refractivity contribution is -0.149. The van der Waals surface area contributed by atoms with Crippen molar-refractivity contribution in [3.63, 3.8) is 0 Å². The van der Waals surface area contributed by atoms with Crippen LogP contribution in [0.25, 0.3) is 0 Å². The van der Waals surface area contributed by atoms with Gasteiger partial charge in [-0.25, -0.2) is 4.98 Å². The number of carbonyl (C=O) groups excluding carboxylic acids is 1. The van der Waals surface area contributed by atoms with Gasteiger partial charge in [0.05, 0.1) is 26.2 Å². The number of hydrogen-bond acceptors (Lipinski definition) is 8. The molecule has 0 saturated heterocycles. The fourth-order valence-electron chi connectivity index (χ4n) is 5.35. The van der Waals surface area contributed by atoms with E-state index in [1.807, 2.05) is 20.2 Å². The quantitative estimate of drug-likeness (QED) is 0.263. The second kappa shape index (κ2) is 17.1. The van der Waals surface area contributed by atoms with Gasteiger partial charge < -0.3 is 19.5 Å². The molecule has 9 heteroatoms. The fraction of sp³-hybridized carbons (Fsp3) is 0.645. The third-order valence-electron chi connectivity index (χ3n) is 7.45. The minimum Gasteiger partial charge on any atom is -0.465 e. The average molecular weight is 554 g/mol. The van der Waals surface area contributed by atoms with Gasteiger partial charge in [0, 0.05) is 39.1 Å². The summed E-state index contributed by atoms with van der Waals surface area (Å²) in [6.07, 6.45) is 7.77. The predicted molar refractivity (Wildman–Crippen MR) is 162 cm³/mol. The Balaban J connectivity index is 1.60. The second-order valence-corrected chi connectivity index (χ2v) is 10.9. The standard InChI is InChI=1S/C31H51N7O2/c1-6-18-37(19-7-2)20-9-10-28(31(39)40-8-3)36(5)22-26-11-13-27(14-12-26)23-38(24-29-32-15-16-33-29)25-30-34-17-21-35(30)4/h11-16,28H,6-10,17-25H2,1-5H3,(H,32,33)/t28-/m1/s1. The van der Waals surface area contributed by atoms with Gasteiger partial charge in [-0.3, -0.25) is 19.6 Å². The van der Waals surface area contributed by atoms with Gasteiger partial charge in [-0.2, -0.15) is 0 Å². The number of hydrogen-bond donors (Lipinski definition) is 1. The molecule has 40 heavy (non-hydrogen) atoms. The molecule has 1 aromatic carbocycles. The highest BCUT2D eigenvalue weighted by Gasteiger charge is 2.25. The summed E-state index contributed by atoms with van der Waals surface area (Å²) in [5.41, 5.74) is 2.43. The van der Waals surface area contributed by atoms with Crippen LogP contribution < -0.4 is 0 Å². The number of amidine groups is 1. The minimum atomic E-state index is -0.238. The number of aromatic nitrogens is 2. The van der Waals surface area contributed by atoms with Crippen molar-refractivity contribution in [2.45, 2.75) is 72.1 Å². The molecular weight excluding hydrogens is 502 g/mol. The maximum Gasteiger partial charge on any atom is 0.323 e. The first kappa shape index (κ1) is 31.8. The Morgan fingerprint density at radius 1 is 1.00 bits per heavy atom. The van der Waals surface area contributed by atoms with Crippen molar-refractivity contribution in [2.75, 3.05) is 60.0 Å². The van der Waals surface area contributed by atoms with E-state index in [9.17, 15) is 4.79 Å². The highest BCUT2D eigenvalue weighted by atomic mass is 16.5. The molecule has 1 N–H and O–H groups in total. The molecule has 0 amide bonds. The van der Waals surface area contributed by atoms with Crippen LogP contribution in [0.5, 0.6) is 0 Å². The Morgan fingerprint density at radius 2 is 1.70 bits per heavy atom. The van der Waals surface area contributed by atoms with E-state index in [1.165, 1.54) is 11.1 Å². The summed E-state index contributed by atoms with van der Waals surface area (Å²) in [6, 6.07) is 8.53. The fourth-order valence-corrected chi connectivity index (χ4v) is 5.35. The predicted octanol–water partition coefficient (Wildman–Crippen LogP) is 4.02. The number of rotatable bonds is 19. The number of likely N-dealkylation sites (N-methyl/N-ethyl adjacent to an activating group) is 2. The summed E-state index contributed by atoms with van der Waals surface area (Å²) in [6.45, 7) is 14.9. The number of nitrogens with zero attached hydrogens (tertiary/aromatic N) is 6. The molecule has 1 atom stereocenters. The lowest BCUT2D eigenvalue weighted by Gasteiger charge is -2.28. The summed E-state index contributed by atoms with van der Waals surface area (Å²) in [5, 5.41) is 0. The van der Waals surface area contributed by atoms with Crippen LogP contribution in [-0.4, -0.2) is 107 Å². The Bertz CT molecular complexity index is 1000. The van der Waals surface area contributed by atoms with Crippen molar-refractivity contribution in [1.29, 1.82) is 0 Å². The zero-order valence-electron chi connectivity index (χ0n) is 25.4. The zero-order chi connectivity index (χ0) is 28.7. The van der Waals surface area contributed by atoms with Crippen molar-refractivity contribution in [1.82, 2.24) is 29.6 Å². The van der Waals surface area contributed by atoms with E-state index in [0.717, 1.165) is 89.7 Å². The Hall–Kier alpha value is -2.75. The van der Waals surface area contributed by atoms with Crippen molar-refractivity contribution >= 4 is 11.8 Å². The first-order chi connectivity index (χ1) is 19.4. The molecule has 2 heterocycles. The van der Waals surface area contributed by atoms with Gasteiger partial charge in [-0.15, -0.1) is 0 Å². The van der Waals surface area contributed by atoms with Gasteiger partial charge in [0.2, 0.25) is 0 Å². The Labute approximate surface area is 241 Å². The monoisotopic (exact) mass is 553 g/mol. The summed E-state index contributed by atoms with van der Waals surface area (Å²) in [7, 11) is 4.15. The van der Waals surface area contributed by atoms with Gasteiger partial charge in [-0.05, 0) is 70.4 Å².